The third-order valence-electron chi connectivity index (χ3n) is 2.38. The smallest absolute Gasteiger partial charge is 0.336 e. The molecule has 78 valence electrons. The fourth-order valence-electron chi connectivity index (χ4n) is 1.59. The molecule has 0 aromatic heterocycles. The Morgan fingerprint density at radius 2 is 2.07 bits per heavy atom. The molecule has 1 aromatic carbocycles. The summed E-state index contributed by atoms with van der Waals surface area (Å²) in [6.45, 7) is 0.278. The van der Waals surface area contributed by atoms with Crippen LogP contribution in [0, 0.1) is 0 Å². The van der Waals surface area contributed by atoms with Crippen LogP contribution >= 0.6 is 0 Å². The second-order valence-electron chi connectivity index (χ2n) is 3.46. The van der Waals surface area contributed by atoms with Gasteiger partial charge in [0.2, 0.25) is 0 Å². The topological polar surface area (TPSA) is 46.5 Å². The molecule has 0 saturated heterocycles. The van der Waals surface area contributed by atoms with Gasteiger partial charge in [0.25, 0.3) is 0 Å². The zero-order valence-electron chi connectivity index (χ0n) is 8.22. The van der Waals surface area contributed by atoms with E-state index in [-0.39, 0.29) is 6.61 Å². The number of aliphatic hydroxyl groups excluding tert-OH is 1. The Morgan fingerprint density at radius 1 is 1.33 bits per heavy atom. The SMILES string of the molecule is O=C1OCC=C1C(O)Cc1ccccc1. The number of ether oxygens (including phenoxy) is 1. The van der Waals surface area contributed by atoms with Crippen LogP contribution in [0.1, 0.15) is 5.56 Å². The lowest BCUT2D eigenvalue weighted by Gasteiger charge is -2.09. The van der Waals surface area contributed by atoms with Crippen LogP contribution in [0.5, 0.6) is 0 Å². The number of esters is 1. The van der Waals surface area contributed by atoms with Crippen molar-refractivity contribution in [1.29, 1.82) is 0 Å². The molecule has 0 aliphatic carbocycles. The van der Waals surface area contributed by atoms with Crippen molar-refractivity contribution in [2.75, 3.05) is 6.61 Å². The minimum Gasteiger partial charge on any atom is -0.458 e. The first-order valence-corrected chi connectivity index (χ1v) is 4.86. The monoisotopic (exact) mass is 204 g/mol. The molecular weight excluding hydrogens is 192 g/mol. The Kier molecular flexibility index (Phi) is 2.83. The standard InChI is InChI=1S/C12H12O3/c13-11(10-6-7-15-12(10)14)8-9-4-2-1-3-5-9/h1-6,11,13H,7-8H2. The molecule has 0 fully saturated rings. The first kappa shape index (κ1) is 9.93. The zero-order valence-corrected chi connectivity index (χ0v) is 8.22. The first-order chi connectivity index (χ1) is 7.27. The van der Waals surface area contributed by atoms with Crippen molar-refractivity contribution in [2.45, 2.75) is 12.5 Å². The highest BCUT2D eigenvalue weighted by Gasteiger charge is 2.23. The summed E-state index contributed by atoms with van der Waals surface area (Å²) >= 11 is 0. The average molecular weight is 204 g/mol. The molecule has 1 heterocycles. The second kappa shape index (κ2) is 4.28. The van der Waals surface area contributed by atoms with Crippen molar-refractivity contribution in [1.82, 2.24) is 0 Å². The Labute approximate surface area is 88.0 Å². The fraction of sp³-hybridized carbons (Fsp3) is 0.250. The molecule has 1 aliphatic heterocycles. The molecule has 0 bridgehead atoms. The van der Waals surface area contributed by atoms with Crippen molar-refractivity contribution in [3.05, 3.63) is 47.5 Å². The average Bonchev–Trinajstić information content (AvgIpc) is 2.66. The molecule has 1 atom stereocenters. The first-order valence-electron chi connectivity index (χ1n) is 4.86. The van der Waals surface area contributed by atoms with Gasteiger partial charge >= 0.3 is 5.97 Å². The van der Waals surface area contributed by atoms with Crippen LogP contribution in [0.4, 0.5) is 0 Å². The van der Waals surface area contributed by atoms with Gasteiger partial charge in [-0.3, -0.25) is 0 Å². The van der Waals surface area contributed by atoms with E-state index in [9.17, 15) is 9.90 Å². The van der Waals surface area contributed by atoms with E-state index in [1.54, 1.807) is 6.08 Å². The third-order valence-corrected chi connectivity index (χ3v) is 2.38. The Balaban J connectivity index is 2.04. The Hall–Kier alpha value is -1.61. The van der Waals surface area contributed by atoms with E-state index in [1.807, 2.05) is 30.3 Å². The molecule has 1 aromatic rings. The molecule has 1 unspecified atom stereocenters. The lowest BCUT2D eigenvalue weighted by Crippen LogP contribution is -2.18. The fourth-order valence-corrected chi connectivity index (χ4v) is 1.59. The van der Waals surface area contributed by atoms with Crippen LogP contribution in [0.25, 0.3) is 0 Å². The predicted molar refractivity (Wildman–Crippen MR) is 55.2 cm³/mol. The minimum atomic E-state index is -0.762. The number of hydrogen-bond donors (Lipinski definition) is 1. The highest BCUT2D eigenvalue weighted by molar-refractivity contribution is 5.91. The van der Waals surface area contributed by atoms with E-state index >= 15 is 0 Å². The molecular formula is C12H12O3. The number of aliphatic hydroxyl groups is 1. The van der Waals surface area contributed by atoms with Crippen molar-refractivity contribution in [3.63, 3.8) is 0 Å². The van der Waals surface area contributed by atoms with E-state index in [0.717, 1.165) is 5.56 Å². The summed E-state index contributed by atoms with van der Waals surface area (Å²) in [6, 6.07) is 9.57. The summed E-state index contributed by atoms with van der Waals surface area (Å²) in [7, 11) is 0. The summed E-state index contributed by atoms with van der Waals surface area (Å²) in [5, 5.41) is 9.80. The Morgan fingerprint density at radius 3 is 2.67 bits per heavy atom. The molecule has 2 rings (SSSR count). The van der Waals surface area contributed by atoms with E-state index in [2.05, 4.69) is 0 Å². The highest BCUT2D eigenvalue weighted by atomic mass is 16.5. The summed E-state index contributed by atoms with van der Waals surface area (Å²) < 4.78 is 4.73. The van der Waals surface area contributed by atoms with Crippen molar-refractivity contribution in [2.24, 2.45) is 0 Å². The number of carbonyl (C=O) groups excluding carboxylic acids is 1. The maximum absolute atomic E-state index is 11.2. The molecule has 0 spiro atoms. The van der Waals surface area contributed by atoms with Gasteiger partial charge in [-0.05, 0) is 11.6 Å². The van der Waals surface area contributed by atoms with Gasteiger partial charge in [0.05, 0.1) is 11.7 Å². The van der Waals surface area contributed by atoms with E-state index < -0.39 is 12.1 Å². The van der Waals surface area contributed by atoms with Crippen LogP contribution in [-0.2, 0) is 16.0 Å². The van der Waals surface area contributed by atoms with Crippen LogP contribution in [0.3, 0.4) is 0 Å². The molecule has 0 saturated carbocycles. The predicted octanol–water partition coefficient (Wildman–Crippen LogP) is 1.07. The van der Waals surface area contributed by atoms with E-state index in [0.29, 0.717) is 12.0 Å². The number of cyclic esters (lactones) is 1. The van der Waals surface area contributed by atoms with Crippen molar-refractivity contribution in [3.8, 4) is 0 Å². The summed E-state index contributed by atoms with van der Waals surface area (Å²) in [5.74, 6) is -0.404. The number of hydrogen-bond acceptors (Lipinski definition) is 3. The van der Waals surface area contributed by atoms with Crippen LogP contribution in [0.2, 0.25) is 0 Å². The van der Waals surface area contributed by atoms with E-state index in [4.69, 9.17) is 4.74 Å². The summed E-state index contributed by atoms with van der Waals surface area (Å²) in [5.41, 5.74) is 1.38. The van der Waals surface area contributed by atoms with Gasteiger partial charge in [0, 0.05) is 6.42 Å². The van der Waals surface area contributed by atoms with Crippen LogP contribution < -0.4 is 0 Å². The lowest BCUT2D eigenvalue weighted by atomic mass is 10.0. The highest BCUT2D eigenvalue weighted by Crippen LogP contribution is 2.15. The molecule has 1 N–H and O–H groups in total. The van der Waals surface area contributed by atoms with Gasteiger partial charge in [0.15, 0.2) is 0 Å². The molecule has 3 heteroatoms. The third kappa shape index (κ3) is 2.25. The van der Waals surface area contributed by atoms with E-state index in [1.165, 1.54) is 0 Å². The summed E-state index contributed by atoms with van der Waals surface area (Å²) in [4.78, 5) is 11.2. The zero-order chi connectivity index (χ0) is 10.7. The maximum atomic E-state index is 11.2. The lowest BCUT2D eigenvalue weighted by molar-refractivity contribution is -0.136. The number of benzene rings is 1. The quantitative estimate of drug-likeness (QED) is 0.749. The van der Waals surface area contributed by atoms with Crippen molar-refractivity contribution >= 4 is 5.97 Å². The van der Waals surface area contributed by atoms with Gasteiger partial charge in [0.1, 0.15) is 6.61 Å². The van der Waals surface area contributed by atoms with Gasteiger partial charge in [-0.1, -0.05) is 30.3 Å². The second-order valence-corrected chi connectivity index (χ2v) is 3.46. The van der Waals surface area contributed by atoms with Gasteiger partial charge < -0.3 is 9.84 Å². The number of rotatable bonds is 3. The minimum absolute atomic E-state index is 0.278. The van der Waals surface area contributed by atoms with Gasteiger partial charge in [-0.15, -0.1) is 0 Å². The van der Waals surface area contributed by atoms with Gasteiger partial charge in [-0.25, -0.2) is 4.79 Å². The molecule has 1 aliphatic rings. The van der Waals surface area contributed by atoms with Crippen LogP contribution in [-0.4, -0.2) is 23.8 Å². The molecule has 15 heavy (non-hydrogen) atoms. The molecule has 0 radical (unpaired) electrons. The summed E-state index contributed by atoms with van der Waals surface area (Å²) in [6.07, 6.45) is 1.32. The van der Waals surface area contributed by atoms with Gasteiger partial charge in [-0.2, -0.15) is 0 Å². The largest absolute Gasteiger partial charge is 0.458 e. The molecule has 3 nitrogen and oxygen atoms in total. The normalized spacial score (nSPS) is 17.1. The Bertz CT molecular complexity index is 381. The maximum Gasteiger partial charge on any atom is 0.336 e. The van der Waals surface area contributed by atoms with Crippen LogP contribution in [0.15, 0.2) is 42.0 Å². The molecule has 0 amide bonds. The number of carbonyl (C=O) groups is 1. The van der Waals surface area contributed by atoms with Crippen molar-refractivity contribution < 1.29 is 14.6 Å².